The minimum absolute atomic E-state index is 0.106. The summed E-state index contributed by atoms with van der Waals surface area (Å²) >= 11 is 11.5. The molecular weight excluding hydrogens is 397 g/mol. The highest BCUT2D eigenvalue weighted by molar-refractivity contribution is 9.10. The minimum Gasteiger partial charge on any atom is -0.454 e. The zero-order valence-electron chi connectivity index (χ0n) is 9.49. The molecule has 0 heterocycles. The van der Waals surface area contributed by atoms with E-state index in [1.165, 1.54) is 6.07 Å². The molecule has 0 saturated heterocycles. The molecule has 0 aromatic heterocycles. The summed E-state index contributed by atoms with van der Waals surface area (Å²) < 4.78 is 20.7. The molecule has 0 bridgehead atoms. The van der Waals surface area contributed by atoms with Gasteiger partial charge in [-0.05, 0) is 36.4 Å². The van der Waals surface area contributed by atoms with E-state index in [1.54, 1.807) is 30.3 Å². The monoisotopic (exact) mass is 403 g/mol. The van der Waals surface area contributed by atoms with E-state index in [0.29, 0.717) is 11.3 Å². The van der Waals surface area contributed by atoms with Gasteiger partial charge in [-0.2, -0.15) is 0 Å². The van der Waals surface area contributed by atoms with E-state index < -0.39 is 5.82 Å². The quantitative estimate of drug-likeness (QED) is 0.747. The lowest BCUT2D eigenvalue weighted by Crippen LogP contribution is -2.10. The Morgan fingerprint density at radius 1 is 1.05 bits per heavy atom. The Morgan fingerprint density at radius 3 is 2.37 bits per heavy atom. The highest BCUT2D eigenvalue weighted by atomic mass is 79.9. The van der Waals surface area contributed by atoms with Gasteiger partial charge in [-0.1, -0.05) is 44.1 Å². The summed E-state index contributed by atoms with van der Waals surface area (Å²) in [5, 5.41) is 0. The summed E-state index contributed by atoms with van der Waals surface area (Å²) in [7, 11) is 0. The van der Waals surface area contributed by atoms with Gasteiger partial charge in [0.1, 0.15) is 10.7 Å². The molecule has 0 atom stereocenters. The maximum atomic E-state index is 13.6. The molecule has 2 nitrogen and oxygen atoms in total. The van der Waals surface area contributed by atoms with Gasteiger partial charge in [0.25, 0.3) is 0 Å². The van der Waals surface area contributed by atoms with Crippen LogP contribution in [0.2, 0.25) is 0 Å². The molecule has 2 rings (SSSR count). The van der Waals surface area contributed by atoms with Crippen LogP contribution >= 0.6 is 44.1 Å². The second-order valence-electron chi connectivity index (χ2n) is 3.68. The third kappa shape index (κ3) is 3.52. The maximum Gasteiger partial charge on any atom is 0.165 e. The molecule has 98 valence electrons. The molecular formula is C13H8Br2FNOS. The second-order valence-corrected chi connectivity index (χ2v) is 5.95. The van der Waals surface area contributed by atoms with Crippen LogP contribution in [-0.2, 0) is 0 Å². The standard InChI is InChI=1S/C13H8Br2FNOS/c14-7-2-4-11(9(5-7)13(17)19)18-12-6-8(15)1-3-10(12)16/h1-6H,(H2,17,19). The van der Waals surface area contributed by atoms with Crippen LogP contribution in [0.4, 0.5) is 4.39 Å². The van der Waals surface area contributed by atoms with E-state index in [-0.39, 0.29) is 10.7 Å². The lowest BCUT2D eigenvalue weighted by Gasteiger charge is -2.11. The molecule has 6 heteroatoms. The number of nitrogens with two attached hydrogens (primary N) is 1. The number of hydrogen-bond donors (Lipinski definition) is 1. The van der Waals surface area contributed by atoms with Crippen molar-refractivity contribution in [2.45, 2.75) is 0 Å². The van der Waals surface area contributed by atoms with E-state index in [2.05, 4.69) is 31.9 Å². The topological polar surface area (TPSA) is 35.2 Å². The van der Waals surface area contributed by atoms with Crippen LogP contribution in [-0.4, -0.2) is 4.99 Å². The molecule has 0 amide bonds. The first-order valence-electron chi connectivity index (χ1n) is 5.19. The van der Waals surface area contributed by atoms with Crippen molar-refractivity contribution in [2.75, 3.05) is 0 Å². The van der Waals surface area contributed by atoms with E-state index >= 15 is 0 Å². The fourth-order valence-corrected chi connectivity index (χ4v) is 2.32. The van der Waals surface area contributed by atoms with Crippen LogP contribution in [0.25, 0.3) is 0 Å². The molecule has 0 saturated carbocycles. The fourth-order valence-electron chi connectivity index (χ4n) is 1.46. The normalized spacial score (nSPS) is 10.3. The number of benzene rings is 2. The second kappa shape index (κ2) is 5.98. The molecule has 0 fully saturated rings. The van der Waals surface area contributed by atoms with Crippen LogP contribution in [0.3, 0.4) is 0 Å². The minimum atomic E-state index is -0.458. The summed E-state index contributed by atoms with van der Waals surface area (Å²) in [5.74, 6) is 0.0573. The third-order valence-electron chi connectivity index (χ3n) is 2.32. The number of hydrogen-bond acceptors (Lipinski definition) is 2. The number of rotatable bonds is 3. The largest absolute Gasteiger partial charge is 0.454 e. The Labute approximate surface area is 132 Å². The Balaban J connectivity index is 2.43. The zero-order chi connectivity index (χ0) is 14.0. The van der Waals surface area contributed by atoms with Gasteiger partial charge in [-0.3, -0.25) is 0 Å². The first-order valence-corrected chi connectivity index (χ1v) is 7.19. The summed E-state index contributed by atoms with van der Waals surface area (Å²) in [6, 6.07) is 9.64. The van der Waals surface area contributed by atoms with Crippen molar-refractivity contribution in [3.05, 3.63) is 56.7 Å². The first kappa shape index (κ1) is 14.4. The zero-order valence-corrected chi connectivity index (χ0v) is 13.5. The van der Waals surface area contributed by atoms with Gasteiger partial charge >= 0.3 is 0 Å². The van der Waals surface area contributed by atoms with Crippen LogP contribution in [0.15, 0.2) is 45.3 Å². The SMILES string of the molecule is NC(=S)c1cc(Br)ccc1Oc1cc(Br)ccc1F. The van der Waals surface area contributed by atoms with Crippen LogP contribution in [0, 0.1) is 5.82 Å². The Kier molecular flexibility index (Phi) is 4.54. The number of ether oxygens (including phenoxy) is 1. The number of halogens is 3. The smallest absolute Gasteiger partial charge is 0.165 e. The highest BCUT2D eigenvalue weighted by Gasteiger charge is 2.11. The van der Waals surface area contributed by atoms with Crippen molar-refractivity contribution < 1.29 is 9.13 Å². The molecule has 0 aliphatic rings. The number of thiocarbonyl (C=S) groups is 1. The van der Waals surface area contributed by atoms with E-state index in [0.717, 1.165) is 8.95 Å². The van der Waals surface area contributed by atoms with E-state index in [4.69, 9.17) is 22.7 Å². The van der Waals surface area contributed by atoms with Gasteiger partial charge in [0, 0.05) is 8.95 Å². The summed E-state index contributed by atoms with van der Waals surface area (Å²) in [5.41, 5.74) is 6.18. The van der Waals surface area contributed by atoms with Gasteiger partial charge in [-0.25, -0.2) is 4.39 Å². The fraction of sp³-hybridized carbons (Fsp3) is 0. The molecule has 2 N–H and O–H groups in total. The molecule has 0 spiro atoms. The van der Waals surface area contributed by atoms with Crippen molar-refractivity contribution >= 4 is 49.1 Å². The molecule has 0 aliphatic carbocycles. The summed E-state index contributed by atoms with van der Waals surface area (Å²) in [6.45, 7) is 0. The lowest BCUT2D eigenvalue weighted by molar-refractivity contribution is 0.441. The molecule has 0 unspecified atom stereocenters. The Bertz CT molecular complexity index is 649. The van der Waals surface area contributed by atoms with Crippen molar-refractivity contribution in [3.8, 4) is 11.5 Å². The third-order valence-corrected chi connectivity index (χ3v) is 3.53. The van der Waals surface area contributed by atoms with Crippen molar-refractivity contribution in [1.82, 2.24) is 0 Å². The van der Waals surface area contributed by atoms with Crippen LogP contribution in [0.1, 0.15) is 5.56 Å². The van der Waals surface area contributed by atoms with Crippen LogP contribution in [0.5, 0.6) is 11.5 Å². The van der Waals surface area contributed by atoms with Gasteiger partial charge in [-0.15, -0.1) is 0 Å². The van der Waals surface area contributed by atoms with Gasteiger partial charge in [0.2, 0.25) is 0 Å². The van der Waals surface area contributed by atoms with E-state index in [9.17, 15) is 4.39 Å². The van der Waals surface area contributed by atoms with Crippen LogP contribution < -0.4 is 10.5 Å². The predicted molar refractivity (Wildman–Crippen MR) is 84.2 cm³/mol. The van der Waals surface area contributed by atoms with Crippen molar-refractivity contribution in [2.24, 2.45) is 5.73 Å². The van der Waals surface area contributed by atoms with E-state index in [1.807, 2.05) is 0 Å². The van der Waals surface area contributed by atoms with Gasteiger partial charge in [0.15, 0.2) is 11.6 Å². The molecule has 2 aromatic rings. The molecule has 0 radical (unpaired) electrons. The highest BCUT2D eigenvalue weighted by Crippen LogP contribution is 2.31. The van der Waals surface area contributed by atoms with Crippen molar-refractivity contribution in [3.63, 3.8) is 0 Å². The maximum absolute atomic E-state index is 13.6. The summed E-state index contributed by atoms with van der Waals surface area (Å²) in [4.78, 5) is 0.187. The lowest BCUT2D eigenvalue weighted by atomic mass is 10.2. The molecule has 19 heavy (non-hydrogen) atoms. The average molecular weight is 405 g/mol. The van der Waals surface area contributed by atoms with Crippen molar-refractivity contribution in [1.29, 1.82) is 0 Å². The molecule has 2 aromatic carbocycles. The molecule has 0 aliphatic heterocycles. The summed E-state index contributed by atoms with van der Waals surface area (Å²) in [6.07, 6.45) is 0. The Morgan fingerprint density at radius 2 is 1.68 bits per heavy atom. The predicted octanol–water partition coefficient (Wildman–Crippen LogP) is 4.78. The van der Waals surface area contributed by atoms with Gasteiger partial charge < -0.3 is 10.5 Å². The Hall–Kier alpha value is -0.980. The first-order chi connectivity index (χ1) is 8.97. The average Bonchev–Trinajstić information content (AvgIpc) is 2.35. The van der Waals surface area contributed by atoms with Gasteiger partial charge in [0.05, 0.1) is 5.56 Å².